The smallest absolute Gasteiger partial charge is 0.256 e. The topological polar surface area (TPSA) is 32.3 Å². The number of aryl methyl sites for hydroxylation is 1. The predicted octanol–water partition coefficient (Wildman–Crippen LogP) is 1.96. The predicted molar refractivity (Wildman–Crippen MR) is 69.1 cm³/mol. The van der Waals surface area contributed by atoms with Crippen molar-refractivity contribution in [2.75, 3.05) is 20.1 Å². The molecule has 1 atom stereocenters. The highest BCUT2D eigenvalue weighted by atomic mass is 19.1. The minimum atomic E-state index is -0.447. The van der Waals surface area contributed by atoms with E-state index in [1.54, 1.807) is 24.1 Å². The van der Waals surface area contributed by atoms with Gasteiger partial charge in [0.25, 0.3) is 5.91 Å². The number of carbonyl (C=O) groups is 1. The molecule has 2 rings (SSSR count). The van der Waals surface area contributed by atoms with Gasteiger partial charge in [-0.2, -0.15) is 0 Å². The Balaban J connectivity index is 2.07. The van der Waals surface area contributed by atoms with Crippen molar-refractivity contribution in [3.63, 3.8) is 0 Å². The summed E-state index contributed by atoms with van der Waals surface area (Å²) in [7, 11) is 1.73. The maximum absolute atomic E-state index is 13.6. The number of rotatable bonds is 3. The normalized spacial score (nSPS) is 18.9. The molecule has 98 valence electrons. The summed E-state index contributed by atoms with van der Waals surface area (Å²) in [5.41, 5.74) is 1.06. The summed E-state index contributed by atoms with van der Waals surface area (Å²) in [6, 6.07) is 4.97. The first-order chi connectivity index (χ1) is 8.58. The SMILES string of the molecule is Cc1ccc(F)c(C(=O)N(C)CC2CCCN2)c1. The largest absolute Gasteiger partial charge is 0.340 e. The zero-order valence-electron chi connectivity index (χ0n) is 10.9. The van der Waals surface area contributed by atoms with Gasteiger partial charge in [-0.05, 0) is 38.4 Å². The van der Waals surface area contributed by atoms with Crippen LogP contribution in [0.4, 0.5) is 4.39 Å². The second-order valence-electron chi connectivity index (χ2n) is 4.96. The summed E-state index contributed by atoms with van der Waals surface area (Å²) >= 11 is 0. The number of halogens is 1. The van der Waals surface area contributed by atoms with Gasteiger partial charge in [-0.3, -0.25) is 4.79 Å². The Morgan fingerprint density at radius 1 is 1.56 bits per heavy atom. The molecule has 1 heterocycles. The standard InChI is InChI=1S/C14H19FN2O/c1-10-5-6-13(15)12(8-10)14(18)17(2)9-11-4-3-7-16-11/h5-6,8,11,16H,3-4,7,9H2,1-2H3. The molecule has 1 N–H and O–H groups in total. The van der Waals surface area contributed by atoms with Crippen LogP contribution in [0.25, 0.3) is 0 Å². The van der Waals surface area contributed by atoms with Crippen LogP contribution in [0.3, 0.4) is 0 Å². The van der Waals surface area contributed by atoms with E-state index in [2.05, 4.69) is 5.32 Å². The second kappa shape index (κ2) is 5.48. The third kappa shape index (κ3) is 2.88. The summed E-state index contributed by atoms with van der Waals surface area (Å²) < 4.78 is 13.6. The van der Waals surface area contributed by atoms with Gasteiger partial charge in [-0.1, -0.05) is 11.6 Å². The average Bonchev–Trinajstić information content (AvgIpc) is 2.84. The van der Waals surface area contributed by atoms with Crippen LogP contribution >= 0.6 is 0 Å². The third-order valence-corrected chi connectivity index (χ3v) is 3.36. The first kappa shape index (κ1) is 13.0. The summed E-state index contributed by atoms with van der Waals surface area (Å²) in [5.74, 6) is -0.693. The minimum Gasteiger partial charge on any atom is -0.340 e. The van der Waals surface area contributed by atoms with E-state index < -0.39 is 5.82 Å². The molecule has 1 aliphatic heterocycles. The highest BCUT2D eigenvalue weighted by Crippen LogP contribution is 2.13. The van der Waals surface area contributed by atoms with Gasteiger partial charge in [0, 0.05) is 19.6 Å². The van der Waals surface area contributed by atoms with Crippen LogP contribution in [0.5, 0.6) is 0 Å². The number of carbonyl (C=O) groups excluding carboxylic acids is 1. The summed E-state index contributed by atoms with van der Waals surface area (Å²) in [6.07, 6.45) is 2.22. The molecule has 1 fully saturated rings. The Kier molecular flexibility index (Phi) is 3.97. The molecular weight excluding hydrogens is 231 g/mol. The van der Waals surface area contributed by atoms with Gasteiger partial charge >= 0.3 is 0 Å². The average molecular weight is 250 g/mol. The van der Waals surface area contributed by atoms with E-state index in [0.717, 1.165) is 24.9 Å². The minimum absolute atomic E-state index is 0.162. The summed E-state index contributed by atoms with van der Waals surface area (Å²) in [5, 5.41) is 3.33. The van der Waals surface area contributed by atoms with Crippen molar-refractivity contribution in [2.45, 2.75) is 25.8 Å². The fourth-order valence-electron chi connectivity index (χ4n) is 2.33. The van der Waals surface area contributed by atoms with Gasteiger partial charge in [0.05, 0.1) is 5.56 Å². The molecule has 1 amide bonds. The Bertz CT molecular complexity index is 441. The van der Waals surface area contributed by atoms with Gasteiger partial charge in [0.1, 0.15) is 5.82 Å². The summed E-state index contributed by atoms with van der Waals surface area (Å²) in [4.78, 5) is 13.8. The molecule has 1 aromatic carbocycles. The number of amides is 1. The number of hydrogen-bond acceptors (Lipinski definition) is 2. The van der Waals surface area contributed by atoms with Crippen LogP contribution in [0.15, 0.2) is 18.2 Å². The van der Waals surface area contributed by atoms with Crippen molar-refractivity contribution >= 4 is 5.91 Å². The molecule has 0 aromatic heterocycles. The fourth-order valence-corrected chi connectivity index (χ4v) is 2.33. The highest BCUT2D eigenvalue weighted by Gasteiger charge is 2.21. The van der Waals surface area contributed by atoms with E-state index in [1.165, 1.54) is 6.07 Å². The fraction of sp³-hybridized carbons (Fsp3) is 0.500. The number of nitrogens with zero attached hydrogens (tertiary/aromatic N) is 1. The van der Waals surface area contributed by atoms with Crippen molar-refractivity contribution in [1.29, 1.82) is 0 Å². The Labute approximate surface area is 107 Å². The lowest BCUT2D eigenvalue weighted by atomic mass is 10.1. The monoisotopic (exact) mass is 250 g/mol. The van der Waals surface area contributed by atoms with Crippen LogP contribution in [-0.2, 0) is 0 Å². The van der Waals surface area contributed by atoms with Crippen LogP contribution in [-0.4, -0.2) is 37.0 Å². The summed E-state index contributed by atoms with van der Waals surface area (Å²) in [6.45, 7) is 3.49. The molecular formula is C14H19FN2O. The van der Waals surface area contributed by atoms with Crippen molar-refractivity contribution in [3.8, 4) is 0 Å². The Morgan fingerprint density at radius 2 is 2.33 bits per heavy atom. The number of benzene rings is 1. The molecule has 0 spiro atoms. The number of nitrogens with one attached hydrogen (secondary N) is 1. The molecule has 0 radical (unpaired) electrons. The van der Waals surface area contributed by atoms with Crippen molar-refractivity contribution in [1.82, 2.24) is 10.2 Å². The first-order valence-corrected chi connectivity index (χ1v) is 6.33. The molecule has 18 heavy (non-hydrogen) atoms. The molecule has 0 bridgehead atoms. The van der Waals surface area contributed by atoms with Crippen LogP contribution in [0.2, 0.25) is 0 Å². The van der Waals surface area contributed by atoms with Gasteiger partial charge in [-0.15, -0.1) is 0 Å². The number of likely N-dealkylation sites (N-methyl/N-ethyl adjacent to an activating group) is 1. The molecule has 0 aliphatic carbocycles. The molecule has 1 aromatic rings. The lowest BCUT2D eigenvalue weighted by Crippen LogP contribution is -2.38. The van der Waals surface area contributed by atoms with Gasteiger partial charge in [0.2, 0.25) is 0 Å². The number of hydrogen-bond donors (Lipinski definition) is 1. The zero-order chi connectivity index (χ0) is 13.1. The van der Waals surface area contributed by atoms with E-state index in [4.69, 9.17) is 0 Å². The second-order valence-corrected chi connectivity index (χ2v) is 4.96. The highest BCUT2D eigenvalue weighted by molar-refractivity contribution is 5.94. The van der Waals surface area contributed by atoms with E-state index in [9.17, 15) is 9.18 Å². The van der Waals surface area contributed by atoms with Crippen molar-refractivity contribution < 1.29 is 9.18 Å². The molecule has 1 unspecified atom stereocenters. The molecule has 3 nitrogen and oxygen atoms in total. The van der Waals surface area contributed by atoms with Gasteiger partial charge in [0.15, 0.2) is 0 Å². The van der Waals surface area contributed by atoms with Crippen LogP contribution in [0, 0.1) is 12.7 Å². The molecule has 1 saturated heterocycles. The maximum Gasteiger partial charge on any atom is 0.256 e. The Morgan fingerprint density at radius 3 is 3.00 bits per heavy atom. The van der Waals surface area contributed by atoms with Crippen LogP contribution < -0.4 is 5.32 Å². The van der Waals surface area contributed by atoms with Crippen molar-refractivity contribution in [2.24, 2.45) is 0 Å². The van der Waals surface area contributed by atoms with Gasteiger partial charge in [-0.25, -0.2) is 4.39 Å². The zero-order valence-corrected chi connectivity index (χ0v) is 10.9. The maximum atomic E-state index is 13.6. The van der Waals surface area contributed by atoms with Crippen molar-refractivity contribution in [3.05, 3.63) is 35.1 Å². The quantitative estimate of drug-likeness (QED) is 0.889. The van der Waals surface area contributed by atoms with E-state index >= 15 is 0 Å². The van der Waals surface area contributed by atoms with Gasteiger partial charge < -0.3 is 10.2 Å². The molecule has 0 saturated carbocycles. The van der Waals surface area contributed by atoms with E-state index in [-0.39, 0.29) is 11.5 Å². The first-order valence-electron chi connectivity index (χ1n) is 6.33. The third-order valence-electron chi connectivity index (χ3n) is 3.36. The Hall–Kier alpha value is -1.42. The van der Waals surface area contributed by atoms with E-state index in [1.807, 2.05) is 6.92 Å². The van der Waals surface area contributed by atoms with Crippen LogP contribution in [0.1, 0.15) is 28.8 Å². The lowest BCUT2D eigenvalue weighted by molar-refractivity contribution is 0.0779. The lowest BCUT2D eigenvalue weighted by Gasteiger charge is -2.21. The molecule has 4 heteroatoms. The van der Waals surface area contributed by atoms with E-state index in [0.29, 0.717) is 12.6 Å². The molecule has 1 aliphatic rings.